The van der Waals surface area contributed by atoms with Crippen molar-refractivity contribution in [2.24, 2.45) is 0 Å². The van der Waals surface area contributed by atoms with Crippen molar-refractivity contribution in [3.05, 3.63) is 70.4 Å². The summed E-state index contributed by atoms with van der Waals surface area (Å²) < 4.78 is 2.53. The van der Waals surface area contributed by atoms with Gasteiger partial charge in [0.25, 0.3) is 0 Å². The van der Waals surface area contributed by atoms with E-state index >= 15 is 0 Å². The Labute approximate surface area is 155 Å². The maximum absolute atomic E-state index is 12.6. The minimum Gasteiger partial charge on any atom is -0.324 e. The third-order valence-electron chi connectivity index (χ3n) is 4.63. The highest BCUT2D eigenvalue weighted by Crippen LogP contribution is 2.21. The second-order valence-corrected chi connectivity index (χ2v) is 6.41. The van der Waals surface area contributed by atoms with Gasteiger partial charge in [0.1, 0.15) is 12.9 Å². The van der Waals surface area contributed by atoms with Crippen molar-refractivity contribution < 1.29 is 4.79 Å². The molecule has 1 amide bonds. The molecule has 0 radical (unpaired) electrons. The monoisotopic (exact) mass is 361 g/mol. The fourth-order valence-corrected chi connectivity index (χ4v) is 3.22. The number of nitrogens with one attached hydrogen (secondary N) is 1. The van der Waals surface area contributed by atoms with Gasteiger partial charge in [0, 0.05) is 11.1 Å². The van der Waals surface area contributed by atoms with Crippen molar-refractivity contribution in [3.8, 4) is 0 Å². The molecular formula is C20H19N5O2. The van der Waals surface area contributed by atoms with Gasteiger partial charge in [-0.15, -0.1) is 5.10 Å². The lowest BCUT2D eigenvalue weighted by Gasteiger charge is -2.12. The van der Waals surface area contributed by atoms with Gasteiger partial charge in [-0.3, -0.25) is 4.79 Å². The van der Waals surface area contributed by atoms with Crippen molar-refractivity contribution in [1.29, 1.82) is 0 Å². The molecule has 2 aromatic heterocycles. The van der Waals surface area contributed by atoms with Crippen LogP contribution in [0.4, 0.5) is 5.69 Å². The first-order chi connectivity index (χ1) is 13.1. The molecule has 7 heteroatoms. The van der Waals surface area contributed by atoms with Crippen LogP contribution in [0.15, 0.2) is 53.6 Å². The highest BCUT2D eigenvalue weighted by atomic mass is 16.2. The minimum absolute atomic E-state index is 0.160. The van der Waals surface area contributed by atoms with E-state index in [4.69, 9.17) is 0 Å². The maximum atomic E-state index is 12.6. The normalized spacial score (nSPS) is 11.2. The molecule has 2 aromatic carbocycles. The first-order valence-corrected chi connectivity index (χ1v) is 8.79. The number of aromatic nitrogens is 4. The van der Waals surface area contributed by atoms with E-state index in [2.05, 4.69) is 15.4 Å². The molecule has 27 heavy (non-hydrogen) atoms. The number of amides is 1. The minimum atomic E-state index is -0.390. The van der Waals surface area contributed by atoms with Gasteiger partial charge in [0.2, 0.25) is 5.91 Å². The molecule has 0 bridgehead atoms. The fraction of sp³-hybridized carbons (Fsp3) is 0.200. The van der Waals surface area contributed by atoms with Gasteiger partial charge in [0.05, 0.1) is 5.52 Å². The van der Waals surface area contributed by atoms with Crippen molar-refractivity contribution in [3.63, 3.8) is 0 Å². The van der Waals surface area contributed by atoms with E-state index in [9.17, 15) is 9.59 Å². The van der Waals surface area contributed by atoms with Crippen molar-refractivity contribution >= 4 is 28.1 Å². The van der Waals surface area contributed by atoms with Crippen LogP contribution in [-0.2, 0) is 17.8 Å². The van der Waals surface area contributed by atoms with Crippen molar-refractivity contribution in [2.45, 2.75) is 26.8 Å². The van der Waals surface area contributed by atoms with E-state index < -0.39 is 0 Å². The smallest absolute Gasteiger partial charge is 0.324 e. The Hall–Kier alpha value is -3.48. The van der Waals surface area contributed by atoms with Crippen LogP contribution in [0.2, 0.25) is 0 Å². The van der Waals surface area contributed by atoms with Gasteiger partial charge in [-0.25, -0.2) is 18.9 Å². The predicted molar refractivity (Wildman–Crippen MR) is 104 cm³/mol. The number of hydrogen-bond acceptors (Lipinski definition) is 4. The second-order valence-electron chi connectivity index (χ2n) is 6.41. The van der Waals surface area contributed by atoms with Crippen LogP contribution >= 0.6 is 0 Å². The number of hydrogen-bond donors (Lipinski definition) is 1. The van der Waals surface area contributed by atoms with E-state index in [0.29, 0.717) is 5.65 Å². The zero-order chi connectivity index (χ0) is 19.0. The molecule has 0 fully saturated rings. The molecule has 0 saturated heterocycles. The standard InChI is InChI=1S/C20H19N5O2/c1-3-14-8-6-7-13(2)18(14)22-17(26)11-25-20(27)24-12-21-16-10-5-4-9-15(16)19(24)23-25/h4-10,12H,3,11H2,1-2H3,(H,22,26). The average Bonchev–Trinajstić information content (AvgIpc) is 2.99. The Bertz CT molecular complexity index is 1220. The molecule has 0 aliphatic carbocycles. The van der Waals surface area contributed by atoms with Crippen LogP contribution in [0.25, 0.3) is 16.6 Å². The Balaban J connectivity index is 1.68. The largest absolute Gasteiger partial charge is 0.352 e. The fourth-order valence-electron chi connectivity index (χ4n) is 3.22. The molecule has 0 aliphatic heterocycles. The van der Waals surface area contributed by atoms with Crippen LogP contribution in [-0.4, -0.2) is 25.1 Å². The highest BCUT2D eigenvalue weighted by molar-refractivity contribution is 5.93. The number of rotatable bonds is 4. The molecule has 136 valence electrons. The molecule has 0 aliphatic rings. The molecule has 0 saturated carbocycles. The summed E-state index contributed by atoms with van der Waals surface area (Å²) in [6.45, 7) is 3.82. The molecule has 0 unspecified atom stereocenters. The van der Waals surface area contributed by atoms with Gasteiger partial charge in [-0.1, -0.05) is 37.3 Å². The Morgan fingerprint density at radius 3 is 2.78 bits per heavy atom. The van der Waals surface area contributed by atoms with Crippen molar-refractivity contribution in [1.82, 2.24) is 19.2 Å². The number of anilines is 1. The lowest BCUT2D eigenvalue weighted by atomic mass is 10.1. The van der Waals surface area contributed by atoms with Crippen LogP contribution in [0.1, 0.15) is 18.1 Å². The predicted octanol–water partition coefficient (Wildman–Crippen LogP) is 2.55. The molecule has 7 nitrogen and oxygen atoms in total. The first kappa shape index (κ1) is 17.0. The highest BCUT2D eigenvalue weighted by Gasteiger charge is 2.15. The zero-order valence-electron chi connectivity index (χ0n) is 15.1. The van der Waals surface area contributed by atoms with Gasteiger partial charge in [-0.2, -0.15) is 0 Å². The quantitative estimate of drug-likeness (QED) is 0.606. The number of fused-ring (bicyclic) bond motifs is 3. The summed E-state index contributed by atoms with van der Waals surface area (Å²) in [6.07, 6.45) is 2.25. The number of carbonyl (C=O) groups excluding carboxylic acids is 1. The maximum Gasteiger partial charge on any atom is 0.352 e. The third-order valence-corrected chi connectivity index (χ3v) is 4.63. The molecule has 4 rings (SSSR count). The SMILES string of the molecule is CCc1cccc(C)c1NC(=O)Cn1nc2c3ccccc3ncn2c1=O. The van der Waals surface area contributed by atoms with Gasteiger partial charge >= 0.3 is 5.69 Å². The van der Waals surface area contributed by atoms with Crippen LogP contribution in [0.3, 0.4) is 0 Å². The molecule has 2 heterocycles. The number of para-hydroxylation sites is 2. The number of aryl methyl sites for hydroxylation is 2. The van der Waals surface area contributed by atoms with E-state index in [1.807, 2.05) is 56.3 Å². The summed E-state index contributed by atoms with van der Waals surface area (Å²) in [4.78, 5) is 29.4. The van der Waals surface area contributed by atoms with Gasteiger partial charge in [0.15, 0.2) is 5.65 Å². The zero-order valence-corrected chi connectivity index (χ0v) is 15.1. The molecule has 0 spiro atoms. The average molecular weight is 361 g/mol. The summed E-state index contributed by atoms with van der Waals surface area (Å²) in [5, 5.41) is 8.04. The number of carbonyl (C=O) groups is 1. The van der Waals surface area contributed by atoms with E-state index in [0.717, 1.165) is 34.1 Å². The Kier molecular flexibility index (Phi) is 4.19. The summed E-state index contributed by atoms with van der Waals surface area (Å²) in [5.41, 5.74) is 3.69. The van der Waals surface area contributed by atoms with Crippen LogP contribution in [0, 0.1) is 6.92 Å². The van der Waals surface area contributed by atoms with Crippen LogP contribution in [0.5, 0.6) is 0 Å². The summed E-state index contributed by atoms with van der Waals surface area (Å²) in [7, 11) is 0. The lowest BCUT2D eigenvalue weighted by molar-refractivity contribution is -0.117. The number of nitrogens with zero attached hydrogens (tertiary/aromatic N) is 4. The summed E-state index contributed by atoms with van der Waals surface area (Å²) in [5.74, 6) is -0.290. The van der Waals surface area contributed by atoms with Gasteiger partial charge < -0.3 is 5.32 Å². The Morgan fingerprint density at radius 1 is 1.15 bits per heavy atom. The first-order valence-electron chi connectivity index (χ1n) is 8.79. The summed E-state index contributed by atoms with van der Waals surface area (Å²) in [6, 6.07) is 13.4. The molecule has 4 aromatic rings. The third kappa shape index (κ3) is 2.97. The molecule has 0 atom stereocenters. The molecule has 1 N–H and O–H groups in total. The van der Waals surface area contributed by atoms with Gasteiger partial charge in [-0.05, 0) is 36.6 Å². The second kappa shape index (κ2) is 6.68. The molecular weight excluding hydrogens is 342 g/mol. The number of benzene rings is 2. The topological polar surface area (TPSA) is 81.3 Å². The van der Waals surface area contributed by atoms with E-state index in [-0.39, 0.29) is 18.1 Å². The van der Waals surface area contributed by atoms with Crippen molar-refractivity contribution in [2.75, 3.05) is 5.32 Å². The van der Waals surface area contributed by atoms with E-state index in [1.165, 1.54) is 15.4 Å². The lowest BCUT2D eigenvalue weighted by Crippen LogP contribution is -2.28. The van der Waals surface area contributed by atoms with E-state index in [1.54, 1.807) is 0 Å². The van der Waals surface area contributed by atoms with Crippen LogP contribution < -0.4 is 11.0 Å². The summed E-state index contributed by atoms with van der Waals surface area (Å²) >= 11 is 0. The Morgan fingerprint density at radius 2 is 1.96 bits per heavy atom.